The molecule has 0 radical (unpaired) electrons. The van der Waals surface area contributed by atoms with Crippen LogP contribution in [0.5, 0.6) is 0 Å². The van der Waals surface area contributed by atoms with E-state index in [0.717, 1.165) is 32.9 Å². The van der Waals surface area contributed by atoms with Crippen LogP contribution in [-0.2, 0) is 10.8 Å². The first kappa shape index (κ1) is 86.5. The maximum absolute atomic E-state index is 3.60. The summed E-state index contributed by atoms with van der Waals surface area (Å²) in [5, 5.41) is 13.9. The molecule has 4 nitrogen and oxygen atoms in total. The van der Waals surface area contributed by atoms with Crippen LogP contribution < -0.4 is 10.2 Å². The smallest absolute Gasteiger partial charge is 0.0714 e. The van der Waals surface area contributed by atoms with E-state index in [4.69, 9.17) is 0 Å². The van der Waals surface area contributed by atoms with Gasteiger partial charge in [0.05, 0.1) is 32.9 Å². The Morgan fingerprint density at radius 1 is 0.204 bits per heavy atom. The Morgan fingerprint density at radius 2 is 0.542 bits per heavy atom. The highest BCUT2D eigenvalue weighted by atomic mass is 79.9. The van der Waals surface area contributed by atoms with Crippen molar-refractivity contribution >= 4 is 151 Å². The predicted octanol–water partition coefficient (Wildman–Crippen LogP) is 38.0. The van der Waals surface area contributed by atoms with Gasteiger partial charge in [0, 0.05) is 106 Å². The van der Waals surface area contributed by atoms with E-state index in [-0.39, 0.29) is 12.8 Å². The number of nitrogens with one attached hydrogen (secondary N) is 1. The molecule has 142 heavy (non-hydrogen) atoms. The zero-order valence-electron chi connectivity index (χ0n) is 76.8. The molecule has 2 aliphatic carbocycles. The number of hydrogen-bond donors (Lipinski definition) is 1. The molecule has 1 N–H and O–H groups in total. The van der Waals surface area contributed by atoms with E-state index in [9.17, 15) is 0 Å². The van der Waals surface area contributed by atoms with Crippen molar-refractivity contribution in [2.75, 3.05) is 10.2 Å². The summed E-state index contributed by atoms with van der Waals surface area (Å²) in [5.74, 6) is 0. The molecule has 7 heteroatoms. The van der Waals surface area contributed by atoms with Gasteiger partial charge in [0.15, 0.2) is 0 Å². The van der Waals surface area contributed by atoms with Gasteiger partial charge in [-0.3, -0.25) is 0 Å². The Labute approximate surface area is 842 Å². The molecule has 672 valence electrons. The van der Waals surface area contributed by atoms with Crippen molar-refractivity contribution < 1.29 is 0 Å². The fourth-order valence-corrected chi connectivity index (χ4v) is 25.0. The summed E-state index contributed by atoms with van der Waals surface area (Å²) in [5.41, 5.74) is 37.0. The van der Waals surface area contributed by atoms with Crippen LogP contribution >= 0.6 is 38.6 Å². The van der Waals surface area contributed by atoms with Crippen molar-refractivity contribution in [2.45, 2.75) is 18.3 Å². The maximum Gasteiger partial charge on any atom is 0.0714 e. The molecule has 0 saturated carbocycles. The molecule has 22 aromatic carbocycles. The number of rotatable bonds is 15. The molecule has 26 aromatic rings. The number of thiophene rings is 2. The summed E-state index contributed by atoms with van der Waals surface area (Å²) in [6.45, 7) is 0. The van der Waals surface area contributed by atoms with E-state index in [1.807, 2.05) is 28.7 Å². The first-order valence-electron chi connectivity index (χ1n) is 48.2. The molecule has 0 spiro atoms. The molecular weight excluding hydrogens is 1820 g/mol. The molecule has 0 bridgehead atoms. The van der Waals surface area contributed by atoms with Crippen LogP contribution in [0.4, 0.5) is 28.4 Å². The molecule has 4 heterocycles. The fraction of sp³-hybridized carbons (Fsp3) is 0.0222. The Kier molecular flexibility index (Phi) is 22.2. The van der Waals surface area contributed by atoms with Crippen molar-refractivity contribution in [1.82, 2.24) is 9.13 Å². The number of anilines is 5. The normalized spacial score (nSPS) is 12.5. The highest BCUT2D eigenvalue weighted by molar-refractivity contribution is 9.10. The van der Waals surface area contributed by atoms with Crippen LogP contribution in [0.25, 0.3) is 162 Å². The van der Waals surface area contributed by atoms with Gasteiger partial charge in [-0.15, -0.1) is 22.7 Å². The van der Waals surface area contributed by atoms with Gasteiger partial charge < -0.3 is 19.4 Å². The van der Waals surface area contributed by atoms with E-state index in [0.29, 0.717) is 0 Å². The summed E-state index contributed by atoms with van der Waals surface area (Å²) in [6, 6.07) is 195. The Hall–Kier alpha value is -17.0. The van der Waals surface area contributed by atoms with Crippen molar-refractivity contribution in [3.05, 3.63) is 583 Å². The van der Waals surface area contributed by atoms with E-state index in [2.05, 4.69) is 563 Å². The first-order chi connectivity index (χ1) is 69.8. The molecule has 0 saturated heterocycles. The predicted molar refractivity (Wildman–Crippen MR) is 609 cm³/mol. The van der Waals surface area contributed by atoms with Gasteiger partial charge in [0.1, 0.15) is 0 Å². The Morgan fingerprint density at radius 3 is 1.01 bits per heavy atom. The zero-order chi connectivity index (χ0) is 93.5. The lowest BCUT2D eigenvalue weighted by Crippen LogP contribution is -2.28. The summed E-state index contributed by atoms with van der Waals surface area (Å²) in [4.78, 5) is 2.40. The van der Waals surface area contributed by atoms with Gasteiger partial charge in [-0.2, -0.15) is 0 Å². The minimum Gasteiger partial charge on any atom is -0.356 e. The van der Waals surface area contributed by atoms with Crippen LogP contribution in [0.1, 0.15) is 51.9 Å². The molecule has 2 aliphatic rings. The second kappa shape index (κ2) is 36.4. The van der Waals surface area contributed by atoms with Crippen LogP contribution in [0, 0.1) is 0 Å². The lowest BCUT2D eigenvalue weighted by molar-refractivity contribution is 0.768. The van der Waals surface area contributed by atoms with E-state index in [1.54, 1.807) is 0 Å². The highest BCUT2D eigenvalue weighted by Gasteiger charge is 2.48. The lowest BCUT2D eigenvalue weighted by Gasteiger charge is -2.35. The Bertz CT molecular complexity index is 9190. The second-order valence-corrected chi connectivity index (χ2v) is 39.7. The van der Waals surface area contributed by atoms with Gasteiger partial charge in [0.2, 0.25) is 0 Å². The van der Waals surface area contributed by atoms with Gasteiger partial charge in [-0.05, 0) is 281 Å². The number of aromatic nitrogens is 2. The minimum atomic E-state index is -0.488. The highest BCUT2D eigenvalue weighted by Crippen LogP contribution is 2.60. The number of benzene rings is 22. The lowest BCUT2D eigenvalue weighted by atomic mass is 9.67. The largest absolute Gasteiger partial charge is 0.356 e. The zero-order valence-corrected chi connectivity index (χ0v) is 80.1. The van der Waals surface area contributed by atoms with Crippen LogP contribution in [0.2, 0.25) is 0 Å². The molecule has 0 aliphatic heterocycles. The fourth-order valence-electron chi connectivity index (χ4n) is 22.6. The number of para-hydroxylation sites is 4. The van der Waals surface area contributed by atoms with Crippen molar-refractivity contribution in [3.8, 4) is 78.1 Å². The first-order valence-corrected chi connectivity index (χ1v) is 50.6. The summed E-state index contributed by atoms with van der Waals surface area (Å²) < 4.78 is 11.2. The molecule has 0 fully saturated rings. The van der Waals surface area contributed by atoms with E-state index >= 15 is 0 Å². The van der Waals surface area contributed by atoms with E-state index in [1.165, 1.54) is 207 Å². The van der Waals surface area contributed by atoms with Crippen LogP contribution in [0.3, 0.4) is 0 Å². The monoisotopic (exact) mass is 1910 g/mol. The number of halogens is 1. The quantitative estimate of drug-likeness (QED) is 0.111. The third-order valence-electron chi connectivity index (χ3n) is 28.8. The number of fused-ring (bicyclic) bond motifs is 18. The molecule has 28 rings (SSSR count). The third kappa shape index (κ3) is 14.8. The van der Waals surface area contributed by atoms with Gasteiger partial charge >= 0.3 is 0 Å². The SMILES string of the molecule is Brc1ccc(-c2cccc(-c3ccc4c(c3)c3ccccc3n4-c3ccc4sc5ccccc5c4c3)c2)cc1.C.c1ccc(N(c2ccc(-c3cccc(-c4ccc5c(c4)c4ccccc4n5-c4ccc5sc6ccccc6c5c4)c3)cc2)c2ccc3c(c2)C(c2ccccc2)(c2ccccc2)c2ccccc2-3)cc1.c1ccc(Nc2ccc3c(c2)C(c2ccccc2)(c2ccccc2)c2ccccc2-3)cc1. The number of hydrogen-bond acceptors (Lipinski definition) is 4. The average Bonchev–Trinajstić information content (AvgIpc) is 1.54. The van der Waals surface area contributed by atoms with Crippen molar-refractivity contribution in [2.24, 2.45) is 0 Å². The topological polar surface area (TPSA) is 25.1 Å². The van der Waals surface area contributed by atoms with E-state index < -0.39 is 5.41 Å². The average molecular weight is 1920 g/mol. The molecule has 4 aromatic heterocycles. The van der Waals surface area contributed by atoms with Gasteiger partial charge in [-0.25, -0.2) is 0 Å². The molecular formula is C135H93BrN4S2. The third-order valence-corrected chi connectivity index (χ3v) is 31.7. The van der Waals surface area contributed by atoms with Crippen LogP contribution in [-0.4, -0.2) is 9.13 Å². The summed E-state index contributed by atoms with van der Waals surface area (Å²) in [6.07, 6.45) is 0. The number of nitrogens with zero attached hydrogens (tertiary/aromatic N) is 3. The Balaban J connectivity index is 0.000000124. The molecule has 0 amide bonds. The summed E-state index contributed by atoms with van der Waals surface area (Å²) >= 11 is 7.27. The second-order valence-electron chi connectivity index (χ2n) is 36.6. The molecule has 0 unspecified atom stereocenters. The standard InChI is InChI=1S/C67H44N2S.C36H22BrNS.C31H23N.CH4/c1-4-19-49(20-5-1)67(50-21-6-2-7-22-50)61-28-13-10-25-55(61)56-38-36-54(44-62(56)67)68(51-23-8-3-9-24-51)52-34-31-45(32-35-52)46-17-16-18-47(41-46)48-33-39-64-59(42-48)57-26-11-14-29-63(57)69(64)53-37-40-66-60(43-53)58-27-12-15-30-65(58)70-66;37-27-15-12-23(13-16-27)24-6-5-7-25(20-24)26-14-18-34-31(21-26)29-8-1-3-10-33(29)38(34)28-17-19-36-32(22-28)30-9-2-4-11-35(30)39-36;1-4-12-23(13-5-1)31(24-14-6-2-7-15-24)29-19-11-10-18-27(29)28-21-20-26(22-30(28)31)32-25-16-8-3-9-17-25;/h1-44H;1-22H;1-22,32H;1H4. The minimum absolute atomic E-state index is 0. The molecule has 0 atom stereocenters. The van der Waals surface area contributed by atoms with Gasteiger partial charge in [-0.1, -0.05) is 387 Å². The van der Waals surface area contributed by atoms with Crippen molar-refractivity contribution in [1.29, 1.82) is 0 Å². The maximum atomic E-state index is 3.60. The van der Waals surface area contributed by atoms with Crippen molar-refractivity contribution in [3.63, 3.8) is 0 Å². The summed E-state index contributed by atoms with van der Waals surface area (Å²) in [7, 11) is 0. The van der Waals surface area contributed by atoms with Crippen LogP contribution in [0.15, 0.2) is 538 Å². The van der Waals surface area contributed by atoms with Gasteiger partial charge in [0.25, 0.3) is 0 Å².